The van der Waals surface area contributed by atoms with Crippen molar-refractivity contribution in [2.45, 2.75) is 19.8 Å². The lowest BCUT2D eigenvalue weighted by molar-refractivity contribution is -0.114. The summed E-state index contributed by atoms with van der Waals surface area (Å²) in [7, 11) is 0. The molecule has 0 spiro atoms. The molecule has 0 unspecified atom stereocenters. The van der Waals surface area contributed by atoms with Gasteiger partial charge in [0.25, 0.3) is 0 Å². The van der Waals surface area contributed by atoms with Crippen molar-refractivity contribution in [2.24, 2.45) is 0 Å². The summed E-state index contributed by atoms with van der Waals surface area (Å²) in [6, 6.07) is 7.66. The van der Waals surface area contributed by atoms with E-state index in [1.807, 2.05) is 24.3 Å². The van der Waals surface area contributed by atoms with E-state index >= 15 is 0 Å². The SMILES string of the molecule is CC(=O)Nc1c(Br)ccc2c1CCO2.Nc1c(Br)ccc2c1CCO2. The van der Waals surface area contributed by atoms with Gasteiger partial charge < -0.3 is 20.5 Å². The lowest BCUT2D eigenvalue weighted by atomic mass is 10.1. The fraction of sp³-hybridized carbons (Fsp3) is 0.278. The van der Waals surface area contributed by atoms with Crippen molar-refractivity contribution in [1.29, 1.82) is 0 Å². The first-order chi connectivity index (χ1) is 12.0. The van der Waals surface area contributed by atoms with Crippen LogP contribution >= 0.6 is 31.9 Å². The van der Waals surface area contributed by atoms with Gasteiger partial charge in [0.1, 0.15) is 11.5 Å². The second-order valence-electron chi connectivity index (χ2n) is 5.71. The molecule has 2 aliphatic rings. The summed E-state index contributed by atoms with van der Waals surface area (Å²) in [6.07, 6.45) is 1.78. The smallest absolute Gasteiger partial charge is 0.221 e. The largest absolute Gasteiger partial charge is 0.493 e. The third kappa shape index (κ3) is 3.93. The minimum absolute atomic E-state index is 0.0639. The van der Waals surface area contributed by atoms with Crippen LogP contribution in [0.2, 0.25) is 0 Å². The molecule has 0 saturated heterocycles. The fourth-order valence-corrected chi connectivity index (χ4v) is 3.67. The lowest BCUT2D eigenvalue weighted by Crippen LogP contribution is -2.08. The molecular formula is C18H18Br2N2O3. The Morgan fingerprint density at radius 3 is 2.20 bits per heavy atom. The number of nitrogen functional groups attached to an aromatic ring is 1. The first kappa shape index (κ1) is 18.1. The number of hydrogen-bond donors (Lipinski definition) is 2. The molecule has 3 N–H and O–H groups in total. The highest BCUT2D eigenvalue weighted by Crippen LogP contribution is 2.37. The van der Waals surface area contributed by atoms with Crippen LogP contribution < -0.4 is 20.5 Å². The summed E-state index contributed by atoms with van der Waals surface area (Å²) in [4.78, 5) is 11.0. The Morgan fingerprint density at radius 2 is 1.56 bits per heavy atom. The van der Waals surface area contributed by atoms with E-state index in [0.29, 0.717) is 6.61 Å². The molecule has 0 fully saturated rings. The zero-order valence-corrected chi connectivity index (χ0v) is 16.9. The Balaban J connectivity index is 0.000000150. The summed E-state index contributed by atoms with van der Waals surface area (Å²) in [5, 5.41) is 2.81. The van der Waals surface area contributed by atoms with Crippen LogP contribution in [0, 0.1) is 0 Å². The van der Waals surface area contributed by atoms with E-state index in [1.54, 1.807) is 0 Å². The molecule has 0 saturated carbocycles. The van der Waals surface area contributed by atoms with Gasteiger partial charge in [0.2, 0.25) is 5.91 Å². The van der Waals surface area contributed by atoms with Gasteiger partial charge in [0.05, 0.1) is 24.6 Å². The molecule has 5 nitrogen and oxygen atoms in total. The maximum Gasteiger partial charge on any atom is 0.221 e. The van der Waals surface area contributed by atoms with E-state index in [0.717, 1.165) is 62.4 Å². The second-order valence-corrected chi connectivity index (χ2v) is 7.42. The van der Waals surface area contributed by atoms with Crippen molar-refractivity contribution in [2.75, 3.05) is 24.3 Å². The normalized spacial score (nSPS) is 13.7. The van der Waals surface area contributed by atoms with E-state index in [4.69, 9.17) is 15.2 Å². The van der Waals surface area contributed by atoms with Crippen LogP contribution in [0.25, 0.3) is 0 Å². The van der Waals surface area contributed by atoms with Gasteiger partial charge in [-0.05, 0) is 56.1 Å². The Kier molecular flexibility index (Phi) is 5.54. The monoisotopic (exact) mass is 468 g/mol. The predicted octanol–water partition coefficient (Wildman–Crippen LogP) is 4.31. The van der Waals surface area contributed by atoms with E-state index < -0.39 is 0 Å². The van der Waals surface area contributed by atoms with E-state index in [-0.39, 0.29) is 5.91 Å². The Bertz CT molecular complexity index is 824. The number of nitrogens with one attached hydrogen (secondary N) is 1. The molecule has 0 aromatic heterocycles. The molecule has 0 aliphatic carbocycles. The van der Waals surface area contributed by atoms with E-state index in [2.05, 4.69) is 37.2 Å². The molecule has 0 radical (unpaired) electrons. The van der Waals surface area contributed by atoms with Gasteiger partial charge in [-0.3, -0.25) is 4.79 Å². The highest BCUT2D eigenvalue weighted by molar-refractivity contribution is 9.11. The van der Waals surface area contributed by atoms with Crippen LogP contribution in [-0.2, 0) is 17.6 Å². The number of halogens is 2. The fourth-order valence-electron chi connectivity index (χ4n) is 2.83. The van der Waals surface area contributed by atoms with Crippen LogP contribution in [0.1, 0.15) is 18.1 Å². The Labute approximate surface area is 163 Å². The molecule has 0 bridgehead atoms. The number of fused-ring (bicyclic) bond motifs is 2. The summed E-state index contributed by atoms with van der Waals surface area (Å²) < 4.78 is 12.6. The molecule has 2 aromatic carbocycles. The summed E-state index contributed by atoms with van der Waals surface area (Å²) in [5.74, 6) is 1.74. The zero-order valence-electron chi connectivity index (χ0n) is 13.7. The summed E-state index contributed by atoms with van der Waals surface area (Å²) in [5.41, 5.74) is 9.68. The molecular weight excluding hydrogens is 452 g/mol. The average Bonchev–Trinajstić information content (AvgIpc) is 3.23. The van der Waals surface area contributed by atoms with Crippen LogP contribution in [0.5, 0.6) is 11.5 Å². The molecule has 7 heteroatoms. The van der Waals surface area contributed by atoms with Crippen molar-refractivity contribution >= 4 is 49.1 Å². The second kappa shape index (κ2) is 7.66. The number of benzene rings is 2. The van der Waals surface area contributed by atoms with Gasteiger partial charge in [-0.2, -0.15) is 0 Å². The van der Waals surface area contributed by atoms with Crippen LogP contribution in [-0.4, -0.2) is 19.1 Å². The van der Waals surface area contributed by atoms with E-state index in [1.165, 1.54) is 6.92 Å². The number of carbonyl (C=O) groups excluding carboxylic acids is 1. The van der Waals surface area contributed by atoms with Crippen LogP contribution in [0.3, 0.4) is 0 Å². The van der Waals surface area contributed by atoms with Gasteiger partial charge in [-0.1, -0.05) is 0 Å². The molecule has 2 heterocycles. The van der Waals surface area contributed by atoms with E-state index in [9.17, 15) is 4.79 Å². The number of amides is 1. The van der Waals surface area contributed by atoms with Crippen molar-refractivity contribution in [1.82, 2.24) is 0 Å². The molecule has 2 aromatic rings. The Hall–Kier alpha value is -1.73. The maximum atomic E-state index is 11.0. The summed E-state index contributed by atoms with van der Waals surface area (Å²) in [6.45, 7) is 2.95. The number of nitrogens with two attached hydrogens (primary N) is 1. The maximum absolute atomic E-state index is 11.0. The quantitative estimate of drug-likeness (QED) is 0.610. The number of carbonyl (C=O) groups is 1. The van der Waals surface area contributed by atoms with Gasteiger partial charge in [0.15, 0.2) is 0 Å². The minimum atomic E-state index is -0.0639. The predicted molar refractivity (Wildman–Crippen MR) is 105 cm³/mol. The third-order valence-electron chi connectivity index (χ3n) is 4.00. The van der Waals surface area contributed by atoms with Gasteiger partial charge in [-0.15, -0.1) is 0 Å². The lowest BCUT2D eigenvalue weighted by Gasteiger charge is -2.09. The van der Waals surface area contributed by atoms with Crippen molar-refractivity contribution in [3.8, 4) is 11.5 Å². The first-order valence-electron chi connectivity index (χ1n) is 7.88. The van der Waals surface area contributed by atoms with Crippen LogP contribution in [0.15, 0.2) is 33.2 Å². The van der Waals surface area contributed by atoms with Gasteiger partial charge >= 0.3 is 0 Å². The molecule has 1 amide bonds. The number of rotatable bonds is 1. The van der Waals surface area contributed by atoms with Crippen LogP contribution in [0.4, 0.5) is 11.4 Å². The van der Waals surface area contributed by atoms with Crippen molar-refractivity contribution < 1.29 is 14.3 Å². The molecule has 4 rings (SSSR count). The minimum Gasteiger partial charge on any atom is -0.493 e. The molecule has 132 valence electrons. The highest BCUT2D eigenvalue weighted by atomic mass is 79.9. The molecule has 2 aliphatic heterocycles. The average molecular weight is 470 g/mol. The van der Waals surface area contributed by atoms with Gasteiger partial charge in [0, 0.05) is 39.8 Å². The van der Waals surface area contributed by atoms with Crippen molar-refractivity contribution in [3.63, 3.8) is 0 Å². The Morgan fingerprint density at radius 1 is 1.00 bits per heavy atom. The van der Waals surface area contributed by atoms with Gasteiger partial charge in [-0.25, -0.2) is 0 Å². The number of hydrogen-bond acceptors (Lipinski definition) is 4. The first-order valence-corrected chi connectivity index (χ1v) is 9.47. The molecule has 25 heavy (non-hydrogen) atoms. The number of ether oxygens (including phenoxy) is 2. The summed E-state index contributed by atoms with van der Waals surface area (Å²) >= 11 is 6.78. The van der Waals surface area contributed by atoms with Crippen molar-refractivity contribution in [3.05, 3.63) is 44.3 Å². The molecule has 0 atom stereocenters. The zero-order chi connectivity index (χ0) is 18.0. The number of anilines is 2. The standard InChI is InChI=1S/C10H10BrNO2.C8H8BrNO/c1-6(13)12-10-7-4-5-14-9(7)3-2-8(10)11;9-6-1-2-7-5(8(6)10)3-4-11-7/h2-3H,4-5H2,1H3,(H,12,13);1-2H,3-4,10H2. The third-order valence-corrected chi connectivity index (χ3v) is 5.35. The highest BCUT2D eigenvalue weighted by Gasteiger charge is 2.19. The topological polar surface area (TPSA) is 73.6 Å².